The van der Waals surface area contributed by atoms with Crippen LogP contribution in [-0.4, -0.2) is 40.5 Å². The molecule has 0 bridgehead atoms. The predicted octanol–water partition coefficient (Wildman–Crippen LogP) is 2.38. The number of ether oxygens (including phenoxy) is 2. The van der Waals surface area contributed by atoms with E-state index in [2.05, 4.69) is 39.3 Å². The molecule has 4 nitrogen and oxygen atoms in total. The Morgan fingerprint density at radius 3 is 1.28 bits per heavy atom. The number of carbonyl (C=O) groups is 2. The third-order valence-corrected chi connectivity index (χ3v) is 3.67. The molecule has 0 spiro atoms. The Morgan fingerprint density at radius 1 is 0.778 bits per heavy atom. The highest BCUT2D eigenvalue weighted by Crippen LogP contribution is 2.02. The Balaban J connectivity index is 4.00. The maximum absolute atomic E-state index is 11.3. The zero-order valence-electron chi connectivity index (χ0n) is 12.2. The maximum Gasteiger partial charge on any atom is 0.330 e. The first-order valence-electron chi connectivity index (χ1n) is 6.01. The average Bonchev–Trinajstić information content (AvgIpc) is 2.18. The highest BCUT2D eigenvalue weighted by molar-refractivity contribution is 6.76. The summed E-state index contributed by atoms with van der Waals surface area (Å²) in [5.74, 6) is -0.968. The molecule has 0 N–H and O–H groups in total. The van der Waals surface area contributed by atoms with E-state index >= 15 is 0 Å². The van der Waals surface area contributed by atoms with E-state index in [0.717, 1.165) is 12.2 Å². The van der Waals surface area contributed by atoms with Crippen LogP contribution in [0.4, 0.5) is 0 Å². The quantitative estimate of drug-likeness (QED) is 0.428. The van der Waals surface area contributed by atoms with Crippen molar-refractivity contribution < 1.29 is 19.1 Å². The van der Waals surface area contributed by atoms with Gasteiger partial charge in [-0.1, -0.05) is 39.3 Å². The molecular formula is C12H24O4Si2. The minimum Gasteiger partial charge on any atom is -0.466 e. The van der Waals surface area contributed by atoms with Crippen LogP contribution in [0, 0.1) is 0 Å². The molecule has 0 aliphatic carbocycles. The van der Waals surface area contributed by atoms with Crippen molar-refractivity contribution in [1.82, 2.24) is 0 Å². The van der Waals surface area contributed by atoms with E-state index in [-0.39, 0.29) is 0 Å². The van der Waals surface area contributed by atoms with Gasteiger partial charge in [-0.05, 0) is 0 Å². The van der Waals surface area contributed by atoms with E-state index in [4.69, 9.17) is 9.47 Å². The van der Waals surface area contributed by atoms with Gasteiger partial charge in [0, 0.05) is 12.2 Å². The molecule has 0 aliphatic rings. The molecule has 18 heavy (non-hydrogen) atoms. The van der Waals surface area contributed by atoms with Crippen LogP contribution in [0.25, 0.3) is 0 Å². The number of hydrogen-bond donors (Lipinski definition) is 0. The summed E-state index contributed by atoms with van der Waals surface area (Å²) in [6, 6.07) is 0. The smallest absolute Gasteiger partial charge is 0.330 e. The molecule has 104 valence electrons. The highest BCUT2D eigenvalue weighted by atomic mass is 28.3. The standard InChI is InChI=1S/C12H24O4Si2/c1-17(2,3)9-15-11(13)7-8-12(14)16-10-18(4,5)6/h7-8H,9-10H2,1-6H3/b8-7-. The van der Waals surface area contributed by atoms with Crippen LogP contribution in [-0.2, 0) is 19.1 Å². The average molecular weight is 288 g/mol. The summed E-state index contributed by atoms with van der Waals surface area (Å²) in [4.78, 5) is 22.6. The van der Waals surface area contributed by atoms with E-state index in [1.165, 1.54) is 0 Å². The normalized spacial score (nSPS) is 12.6. The van der Waals surface area contributed by atoms with Gasteiger partial charge in [0.15, 0.2) is 0 Å². The summed E-state index contributed by atoms with van der Waals surface area (Å²) in [5, 5.41) is 0. The van der Waals surface area contributed by atoms with Gasteiger partial charge in [-0.25, -0.2) is 9.59 Å². The maximum atomic E-state index is 11.3. The van der Waals surface area contributed by atoms with Crippen LogP contribution in [0.2, 0.25) is 39.3 Å². The molecule has 0 heterocycles. The lowest BCUT2D eigenvalue weighted by Gasteiger charge is -2.15. The van der Waals surface area contributed by atoms with Crippen LogP contribution in [0.1, 0.15) is 0 Å². The van der Waals surface area contributed by atoms with Crippen molar-refractivity contribution in [2.24, 2.45) is 0 Å². The molecule has 0 aromatic carbocycles. The monoisotopic (exact) mass is 288 g/mol. The van der Waals surface area contributed by atoms with Crippen LogP contribution >= 0.6 is 0 Å². The molecule has 0 atom stereocenters. The van der Waals surface area contributed by atoms with Crippen LogP contribution in [0.5, 0.6) is 0 Å². The number of rotatable bonds is 6. The van der Waals surface area contributed by atoms with Crippen molar-refractivity contribution in [2.75, 3.05) is 12.5 Å². The zero-order valence-corrected chi connectivity index (χ0v) is 14.2. The SMILES string of the molecule is C[Si](C)(C)COC(=O)/C=C\C(=O)OC[Si](C)(C)C. The van der Waals surface area contributed by atoms with Crippen LogP contribution in [0.15, 0.2) is 12.2 Å². The van der Waals surface area contributed by atoms with Crippen molar-refractivity contribution in [3.05, 3.63) is 12.2 Å². The molecule has 0 rings (SSSR count). The minimum absolute atomic E-state index is 0.458. The van der Waals surface area contributed by atoms with Gasteiger partial charge in [0.1, 0.15) is 0 Å². The van der Waals surface area contributed by atoms with E-state index in [1.807, 2.05) is 0 Å². The van der Waals surface area contributed by atoms with E-state index in [9.17, 15) is 9.59 Å². The third kappa shape index (κ3) is 11.6. The molecule has 0 aromatic heterocycles. The van der Waals surface area contributed by atoms with Crippen molar-refractivity contribution >= 4 is 28.1 Å². The van der Waals surface area contributed by atoms with Crippen molar-refractivity contribution in [2.45, 2.75) is 39.3 Å². The Bertz CT molecular complexity index is 292. The van der Waals surface area contributed by atoms with Gasteiger partial charge in [0.25, 0.3) is 0 Å². The molecular weight excluding hydrogens is 264 g/mol. The third-order valence-electron chi connectivity index (χ3n) is 1.65. The zero-order chi connectivity index (χ0) is 14.4. The molecule has 0 unspecified atom stereocenters. The predicted molar refractivity (Wildman–Crippen MR) is 77.8 cm³/mol. The largest absolute Gasteiger partial charge is 0.466 e. The van der Waals surface area contributed by atoms with Gasteiger partial charge in [0.2, 0.25) is 0 Å². The minimum atomic E-state index is -1.40. The van der Waals surface area contributed by atoms with Gasteiger partial charge in [0.05, 0.1) is 28.6 Å². The first-order valence-corrected chi connectivity index (χ1v) is 13.4. The molecule has 0 amide bonds. The molecule has 0 aliphatic heterocycles. The number of hydrogen-bond acceptors (Lipinski definition) is 4. The first-order chi connectivity index (χ1) is 7.99. The Morgan fingerprint density at radius 2 is 1.06 bits per heavy atom. The van der Waals surface area contributed by atoms with Crippen LogP contribution < -0.4 is 0 Å². The summed E-state index contributed by atoms with van der Waals surface area (Å²) in [7, 11) is -2.81. The Hall–Kier alpha value is -0.886. The van der Waals surface area contributed by atoms with Gasteiger partial charge in [-0.2, -0.15) is 0 Å². The van der Waals surface area contributed by atoms with E-state index < -0.39 is 28.1 Å². The highest BCUT2D eigenvalue weighted by Gasteiger charge is 2.16. The van der Waals surface area contributed by atoms with Gasteiger partial charge < -0.3 is 9.47 Å². The molecule has 0 fully saturated rings. The molecule has 0 radical (unpaired) electrons. The van der Waals surface area contributed by atoms with E-state index in [0.29, 0.717) is 12.5 Å². The van der Waals surface area contributed by atoms with Crippen molar-refractivity contribution in [3.8, 4) is 0 Å². The lowest BCUT2D eigenvalue weighted by atomic mass is 10.5. The summed E-state index contributed by atoms with van der Waals surface area (Å²) in [6.07, 6.45) is 3.18. The van der Waals surface area contributed by atoms with Crippen LogP contribution in [0.3, 0.4) is 0 Å². The van der Waals surface area contributed by atoms with Crippen molar-refractivity contribution in [1.29, 1.82) is 0 Å². The second-order valence-corrected chi connectivity index (χ2v) is 17.5. The summed E-state index contributed by atoms with van der Waals surface area (Å²) in [6.45, 7) is 12.6. The Kier molecular flexibility index (Phi) is 6.55. The summed E-state index contributed by atoms with van der Waals surface area (Å²) < 4.78 is 10.1. The molecule has 0 aromatic rings. The summed E-state index contributed by atoms with van der Waals surface area (Å²) in [5.41, 5.74) is 0. The fraction of sp³-hybridized carbons (Fsp3) is 0.667. The second-order valence-electron chi connectivity index (χ2n) is 6.67. The second kappa shape index (κ2) is 6.89. The van der Waals surface area contributed by atoms with Gasteiger partial charge in [-0.15, -0.1) is 0 Å². The van der Waals surface area contributed by atoms with Gasteiger partial charge in [-0.3, -0.25) is 0 Å². The van der Waals surface area contributed by atoms with E-state index in [1.54, 1.807) is 0 Å². The lowest BCUT2D eigenvalue weighted by molar-refractivity contribution is -0.138. The first kappa shape index (κ1) is 17.1. The number of esters is 2. The molecule has 0 saturated heterocycles. The van der Waals surface area contributed by atoms with Crippen molar-refractivity contribution in [3.63, 3.8) is 0 Å². The molecule has 6 heteroatoms. The lowest BCUT2D eigenvalue weighted by Crippen LogP contribution is -2.30. The molecule has 0 saturated carbocycles. The summed E-state index contributed by atoms with van der Waals surface area (Å²) >= 11 is 0. The van der Waals surface area contributed by atoms with Gasteiger partial charge >= 0.3 is 11.9 Å². The Labute approximate surface area is 111 Å². The fourth-order valence-electron chi connectivity index (χ4n) is 0.808. The topological polar surface area (TPSA) is 52.6 Å². The fourth-order valence-corrected chi connectivity index (χ4v) is 1.96. The number of carbonyl (C=O) groups excluding carboxylic acids is 2.